The van der Waals surface area contributed by atoms with E-state index in [9.17, 15) is 4.79 Å². The van der Waals surface area contributed by atoms with Gasteiger partial charge in [-0.25, -0.2) is 0 Å². The number of rotatable bonds is 3. The molecule has 0 spiro atoms. The van der Waals surface area contributed by atoms with E-state index in [0.717, 1.165) is 30.3 Å². The molecule has 0 saturated heterocycles. The number of halogens is 1. The van der Waals surface area contributed by atoms with Crippen molar-refractivity contribution in [3.8, 4) is 0 Å². The van der Waals surface area contributed by atoms with Gasteiger partial charge in [-0.15, -0.1) is 0 Å². The maximum absolute atomic E-state index is 12.5. The second-order valence-corrected chi connectivity index (χ2v) is 6.38. The van der Waals surface area contributed by atoms with Gasteiger partial charge in [-0.2, -0.15) is 0 Å². The maximum Gasteiger partial charge on any atom is 0.242 e. The van der Waals surface area contributed by atoms with Crippen LogP contribution in [-0.4, -0.2) is 22.9 Å². The molecule has 0 aromatic heterocycles. The van der Waals surface area contributed by atoms with E-state index < -0.39 is 5.54 Å². The van der Waals surface area contributed by atoms with Crippen LogP contribution in [0.15, 0.2) is 22.7 Å². The first kappa shape index (κ1) is 14.5. The van der Waals surface area contributed by atoms with Crippen LogP contribution in [0.5, 0.6) is 0 Å². The number of hydrogen-bond acceptors (Lipinski definition) is 2. The zero-order chi connectivity index (χ0) is 14.0. The Morgan fingerprint density at radius 1 is 1.53 bits per heavy atom. The van der Waals surface area contributed by atoms with Crippen LogP contribution in [0.2, 0.25) is 0 Å². The van der Waals surface area contributed by atoms with Crippen LogP contribution in [-0.2, 0) is 17.8 Å². The monoisotopic (exact) mass is 324 g/mol. The van der Waals surface area contributed by atoms with E-state index in [2.05, 4.69) is 35.0 Å². The van der Waals surface area contributed by atoms with Crippen molar-refractivity contribution in [2.24, 2.45) is 5.73 Å². The summed E-state index contributed by atoms with van der Waals surface area (Å²) in [5.41, 5.74) is 7.96. The third-order valence-electron chi connectivity index (χ3n) is 3.75. The lowest BCUT2D eigenvalue weighted by Crippen LogP contribution is -2.54. The quantitative estimate of drug-likeness (QED) is 0.929. The number of amides is 1. The van der Waals surface area contributed by atoms with Gasteiger partial charge in [0.15, 0.2) is 0 Å². The van der Waals surface area contributed by atoms with E-state index in [0.29, 0.717) is 6.54 Å². The number of benzene rings is 1. The van der Waals surface area contributed by atoms with Crippen molar-refractivity contribution >= 4 is 21.8 Å². The summed E-state index contributed by atoms with van der Waals surface area (Å²) in [7, 11) is 0. The summed E-state index contributed by atoms with van der Waals surface area (Å²) in [5, 5.41) is 0. The molecule has 1 amide bonds. The average molecular weight is 325 g/mol. The molecule has 104 valence electrons. The summed E-state index contributed by atoms with van der Waals surface area (Å²) in [4.78, 5) is 14.4. The molecule has 0 radical (unpaired) electrons. The first-order chi connectivity index (χ1) is 8.95. The third kappa shape index (κ3) is 3.00. The van der Waals surface area contributed by atoms with E-state index in [1.165, 1.54) is 11.1 Å². The number of fused-ring (bicyclic) bond motifs is 1. The SMILES string of the molecule is CCCC(C)(N)C(=O)N1CCc2c(Br)cccc2C1. The predicted molar refractivity (Wildman–Crippen MR) is 80.8 cm³/mol. The fourth-order valence-electron chi connectivity index (χ4n) is 2.72. The van der Waals surface area contributed by atoms with Gasteiger partial charge in [0.25, 0.3) is 0 Å². The highest BCUT2D eigenvalue weighted by atomic mass is 79.9. The molecule has 3 nitrogen and oxygen atoms in total. The Morgan fingerprint density at radius 3 is 2.95 bits per heavy atom. The summed E-state index contributed by atoms with van der Waals surface area (Å²) in [6.07, 6.45) is 2.55. The molecule has 1 aromatic carbocycles. The molecule has 19 heavy (non-hydrogen) atoms. The van der Waals surface area contributed by atoms with Crippen LogP contribution in [0.25, 0.3) is 0 Å². The molecular formula is C15H21BrN2O. The molecular weight excluding hydrogens is 304 g/mol. The Kier molecular flexibility index (Phi) is 4.31. The van der Waals surface area contributed by atoms with Gasteiger partial charge in [-0.1, -0.05) is 41.4 Å². The minimum Gasteiger partial charge on any atom is -0.336 e. The highest BCUT2D eigenvalue weighted by Crippen LogP contribution is 2.27. The Labute approximate surface area is 123 Å². The Balaban J connectivity index is 2.16. The molecule has 0 saturated carbocycles. The van der Waals surface area contributed by atoms with Crippen molar-refractivity contribution < 1.29 is 4.79 Å². The fraction of sp³-hybridized carbons (Fsp3) is 0.533. The molecule has 2 rings (SSSR count). The standard InChI is InChI=1S/C15H21BrN2O/c1-3-8-15(2,17)14(19)18-9-7-12-11(10-18)5-4-6-13(12)16/h4-6H,3,7-10,17H2,1-2H3. The molecule has 4 heteroatoms. The number of nitrogens with zero attached hydrogens (tertiary/aromatic N) is 1. The fourth-order valence-corrected chi connectivity index (χ4v) is 3.33. The lowest BCUT2D eigenvalue weighted by Gasteiger charge is -2.35. The average Bonchev–Trinajstić information content (AvgIpc) is 2.37. The summed E-state index contributed by atoms with van der Waals surface area (Å²) >= 11 is 3.58. The Hall–Kier alpha value is -0.870. The van der Waals surface area contributed by atoms with Crippen LogP contribution < -0.4 is 5.73 Å². The van der Waals surface area contributed by atoms with Crippen LogP contribution in [0.4, 0.5) is 0 Å². The summed E-state index contributed by atoms with van der Waals surface area (Å²) < 4.78 is 1.14. The normalized spacial score (nSPS) is 17.8. The predicted octanol–water partition coefficient (Wildman–Crippen LogP) is 2.85. The van der Waals surface area contributed by atoms with Crippen LogP contribution in [0.1, 0.15) is 37.8 Å². The number of nitrogens with two attached hydrogens (primary N) is 1. The zero-order valence-corrected chi connectivity index (χ0v) is 13.2. The summed E-state index contributed by atoms with van der Waals surface area (Å²) in [6.45, 7) is 5.32. The van der Waals surface area contributed by atoms with E-state index >= 15 is 0 Å². The van der Waals surface area contributed by atoms with Crippen molar-refractivity contribution in [3.63, 3.8) is 0 Å². The molecule has 1 heterocycles. The Morgan fingerprint density at radius 2 is 2.26 bits per heavy atom. The van der Waals surface area contributed by atoms with Crippen molar-refractivity contribution in [3.05, 3.63) is 33.8 Å². The van der Waals surface area contributed by atoms with Gasteiger partial charge in [-0.05, 0) is 37.0 Å². The van der Waals surface area contributed by atoms with Gasteiger partial charge >= 0.3 is 0 Å². The first-order valence-electron chi connectivity index (χ1n) is 6.80. The lowest BCUT2D eigenvalue weighted by molar-refractivity contribution is -0.137. The molecule has 1 aromatic rings. The molecule has 0 fully saturated rings. The number of hydrogen-bond donors (Lipinski definition) is 1. The number of carbonyl (C=O) groups excluding carboxylic acids is 1. The maximum atomic E-state index is 12.5. The summed E-state index contributed by atoms with van der Waals surface area (Å²) in [6, 6.07) is 6.16. The lowest BCUT2D eigenvalue weighted by atomic mass is 9.93. The van der Waals surface area contributed by atoms with Gasteiger partial charge in [-0.3, -0.25) is 4.79 Å². The van der Waals surface area contributed by atoms with E-state index in [1.54, 1.807) is 0 Å². The second kappa shape index (κ2) is 5.63. The minimum atomic E-state index is -0.738. The molecule has 1 aliphatic rings. The topological polar surface area (TPSA) is 46.3 Å². The Bertz CT molecular complexity index is 485. The smallest absolute Gasteiger partial charge is 0.242 e. The first-order valence-corrected chi connectivity index (χ1v) is 7.59. The highest BCUT2D eigenvalue weighted by molar-refractivity contribution is 9.10. The molecule has 1 aliphatic heterocycles. The van der Waals surface area contributed by atoms with Crippen LogP contribution >= 0.6 is 15.9 Å². The van der Waals surface area contributed by atoms with Crippen molar-refractivity contribution in [2.45, 2.75) is 45.2 Å². The zero-order valence-electron chi connectivity index (χ0n) is 11.6. The molecule has 0 bridgehead atoms. The van der Waals surface area contributed by atoms with Crippen molar-refractivity contribution in [2.75, 3.05) is 6.54 Å². The van der Waals surface area contributed by atoms with Gasteiger partial charge < -0.3 is 10.6 Å². The molecule has 1 atom stereocenters. The van der Waals surface area contributed by atoms with Crippen molar-refractivity contribution in [1.29, 1.82) is 0 Å². The van der Waals surface area contributed by atoms with Gasteiger partial charge in [0.1, 0.15) is 0 Å². The van der Waals surface area contributed by atoms with Crippen molar-refractivity contribution in [1.82, 2.24) is 4.90 Å². The van der Waals surface area contributed by atoms with E-state index in [1.807, 2.05) is 17.9 Å². The minimum absolute atomic E-state index is 0.0694. The van der Waals surface area contributed by atoms with Gasteiger partial charge in [0.05, 0.1) is 5.54 Å². The third-order valence-corrected chi connectivity index (χ3v) is 4.50. The van der Waals surface area contributed by atoms with Crippen LogP contribution in [0, 0.1) is 0 Å². The largest absolute Gasteiger partial charge is 0.336 e. The molecule has 2 N–H and O–H groups in total. The summed E-state index contributed by atoms with van der Waals surface area (Å²) in [5.74, 6) is 0.0694. The van der Waals surface area contributed by atoms with Gasteiger partial charge in [0.2, 0.25) is 5.91 Å². The molecule has 0 aliphatic carbocycles. The van der Waals surface area contributed by atoms with Gasteiger partial charge in [0, 0.05) is 17.6 Å². The van der Waals surface area contributed by atoms with Crippen LogP contribution in [0.3, 0.4) is 0 Å². The highest BCUT2D eigenvalue weighted by Gasteiger charge is 2.33. The molecule has 1 unspecified atom stereocenters. The second-order valence-electron chi connectivity index (χ2n) is 5.52. The van der Waals surface area contributed by atoms with E-state index in [4.69, 9.17) is 5.73 Å². The number of carbonyl (C=O) groups is 1. The van der Waals surface area contributed by atoms with E-state index in [-0.39, 0.29) is 5.91 Å².